The summed E-state index contributed by atoms with van der Waals surface area (Å²) in [5.74, 6) is 0.398. The lowest BCUT2D eigenvalue weighted by atomic mass is 10.1. The summed E-state index contributed by atoms with van der Waals surface area (Å²) >= 11 is 0. The number of aliphatic imine (C=N–C) groups is 1. The van der Waals surface area contributed by atoms with Gasteiger partial charge in [0.05, 0.1) is 5.56 Å². The molecule has 1 aliphatic heterocycles. The fourth-order valence-electron chi connectivity index (χ4n) is 1.21. The molecule has 0 fully saturated rings. The van der Waals surface area contributed by atoms with Gasteiger partial charge in [0, 0.05) is 6.21 Å². The van der Waals surface area contributed by atoms with Crippen LogP contribution in [0.4, 0.5) is 5.82 Å². The normalized spacial score (nSPS) is 14.3. The summed E-state index contributed by atoms with van der Waals surface area (Å²) in [6.45, 7) is 0. The molecule has 2 heterocycles. The van der Waals surface area contributed by atoms with E-state index in [1.807, 2.05) is 0 Å². The molecule has 5 heteroatoms. The van der Waals surface area contributed by atoms with Crippen LogP contribution in [0.1, 0.15) is 12.0 Å². The Morgan fingerprint density at radius 1 is 1.33 bits per heavy atom. The van der Waals surface area contributed by atoms with Gasteiger partial charge in [-0.05, 0) is 12.8 Å². The summed E-state index contributed by atoms with van der Waals surface area (Å²) in [6.07, 6.45) is 3.09. The molecule has 0 bridgehead atoms. The molecule has 12 heavy (non-hydrogen) atoms. The third-order valence-electron chi connectivity index (χ3n) is 1.76. The molecule has 0 atom stereocenters. The zero-order chi connectivity index (χ0) is 8.55. The van der Waals surface area contributed by atoms with Gasteiger partial charge in [0.2, 0.25) is 0 Å². The second kappa shape index (κ2) is 2.44. The van der Waals surface area contributed by atoms with E-state index < -0.39 is 5.69 Å². The Kier molecular flexibility index (Phi) is 1.43. The van der Waals surface area contributed by atoms with Gasteiger partial charge in [0.25, 0.3) is 5.56 Å². The van der Waals surface area contributed by atoms with Crippen LogP contribution in [0.2, 0.25) is 0 Å². The van der Waals surface area contributed by atoms with Crippen molar-refractivity contribution in [3.63, 3.8) is 0 Å². The van der Waals surface area contributed by atoms with Gasteiger partial charge in [0.1, 0.15) is 5.82 Å². The van der Waals surface area contributed by atoms with Gasteiger partial charge >= 0.3 is 5.69 Å². The highest BCUT2D eigenvalue weighted by molar-refractivity contribution is 5.66. The van der Waals surface area contributed by atoms with Crippen molar-refractivity contribution < 1.29 is 0 Å². The van der Waals surface area contributed by atoms with E-state index in [1.165, 1.54) is 0 Å². The van der Waals surface area contributed by atoms with Gasteiger partial charge < -0.3 is 0 Å². The van der Waals surface area contributed by atoms with E-state index in [2.05, 4.69) is 15.0 Å². The highest BCUT2D eigenvalue weighted by atomic mass is 16.2. The Hall–Kier alpha value is -1.65. The summed E-state index contributed by atoms with van der Waals surface area (Å²) in [5.41, 5.74) is -0.263. The molecule has 62 valence electrons. The fourth-order valence-corrected chi connectivity index (χ4v) is 1.21. The molecular formula is C7H7N3O2. The van der Waals surface area contributed by atoms with Gasteiger partial charge in [-0.3, -0.25) is 14.8 Å². The van der Waals surface area contributed by atoms with Gasteiger partial charge in [-0.1, -0.05) is 0 Å². The Balaban J connectivity index is 2.79. The number of fused-ring (bicyclic) bond motifs is 1. The number of aromatic amines is 2. The number of H-pyrrole nitrogens is 2. The lowest BCUT2D eigenvalue weighted by Crippen LogP contribution is -2.26. The molecule has 0 saturated heterocycles. The molecule has 0 aromatic carbocycles. The van der Waals surface area contributed by atoms with E-state index >= 15 is 0 Å². The summed E-state index contributed by atoms with van der Waals surface area (Å²) < 4.78 is 0. The van der Waals surface area contributed by atoms with E-state index in [9.17, 15) is 9.59 Å². The first-order valence-corrected chi connectivity index (χ1v) is 3.65. The minimum atomic E-state index is -0.502. The number of hydrogen-bond donors (Lipinski definition) is 2. The van der Waals surface area contributed by atoms with Crippen molar-refractivity contribution >= 4 is 12.0 Å². The topological polar surface area (TPSA) is 78.1 Å². The molecule has 2 rings (SSSR count). The maximum absolute atomic E-state index is 11.1. The van der Waals surface area contributed by atoms with E-state index in [0.29, 0.717) is 17.8 Å². The molecule has 0 radical (unpaired) electrons. The molecule has 1 aromatic rings. The quantitative estimate of drug-likeness (QED) is 0.554. The highest BCUT2D eigenvalue weighted by Gasteiger charge is 2.10. The Morgan fingerprint density at radius 3 is 3.00 bits per heavy atom. The Labute approximate surface area is 67.2 Å². The molecule has 0 unspecified atom stereocenters. The molecule has 0 spiro atoms. The van der Waals surface area contributed by atoms with E-state index in [4.69, 9.17) is 0 Å². The van der Waals surface area contributed by atoms with Crippen molar-refractivity contribution in [2.24, 2.45) is 4.99 Å². The van der Waals surface area contributed by atoms with Gasteiger partial charge in [0.15, 0.2) is 0 Å². The Morgan fingerprint density at radius 2 is 2.17 bits per heavy atom. The largest absolute Gasteiger partial charge is 0.327 e. The van der Waals surface area contributed by atoms with Crippen molar-refractivity contribution in [3.05, 3.63) is 26.4 Å². The first-order chi connectivity index (χ1) is 5.77. The lowest BCUT2D eigenvalue weighted by Gasteiger charge is -2.05. The number of hydrogen-bond acceptors (Lipinski definition) is 3. The molecule has 5 nitrogen and oxygen atoms in total. The zero-order valence-corrected chi connectivity index (χ0v) is 6.26. The third kappa shape index (κ3) is 0.990. The molecule has 0 aliphatic carbocycles. The molecule has 1 aliphatic rings. The molecule has 0 saturated carbocycles. The minimum Gasteiger partial charge on any atom is -0.292 e. The van der Waals surface area contributed by atoms with Gasteiger partial charge in [-0.2, -0.15) is 0 Å². The van der Waals surface area contributed by atoms with Crippen molar-refractivity contribution in [2.45, 2.75) is 12.8 Å². The first-order valence-electron chi connectivity index (χ1n) is 3.65. The van der Waals surface area contributed by atoms with E-state index in [-0.39, 0.29) is 5.56 Å². The third-order valence-corrected chi connectivity index (χ3v) is 1.76. The number of nitrogens with one attached hydrogen (secondary N) is 2. The van der Waals surface area contributed by atoms with Crippen LogP contribution in [0, 0.1) is 0 Å². The fraction of sp³-hybridized carbons (Fsp3) is 0.286. The minimum absolute atomic E-state index is 0.328. The second-order valence-electron chi connectivity index (χ2n) is 2.59. The van der Waals surface area contributed by atoms with Crippen molar-refractivity contribution in [1.29, 1.82) is 0 Å². The van der Waals surface area contributed by atoms with Crippen molar-refractivity contribution in [1.82, 2.24) is 9.97 Å². The SMILES string of the molecule is O=c1[nH]c2c(c(=O)[nH]1)CCC=N2. The van der Waals surface area contributed by atoms with Crippen LogP contribution in [-0.4, -0.2) is 16.2 Å². The van der Waals surface area contributed by atoms with E-state index in [0.717, 1.165) is 6.42 Å². The summed E-state index contributed by atoms with van der Waals surface area (Å²) in [4.78, 5) is 30.4. The predicted molar refractivity (Wildman–Crippen MR) is 44.2 cm³/mol. The molecule has 2 N–H and O–H groups in total. The maximum atomic E-state index is 11.1. The summed E-state index contributed by atoms with van der Waals surface area (Å²) in [6, 6.07) is 0. The van der Waals surface area contributed by atoms with Crippen molar-refractivity contribution in [3.8, 4) is 0 Å². The molecular weight excluding hydrogens is 158 g/mol. The second-order valence-corrected chi connectivity index (χ2v) is 2.59. The smallest absolute Gasteiger partial charge is 0.292 e. The summed E-state index contributed by atoms with van der Waals surface area (Å²) in [7, 11) is 0. The van der Waals surface area contributed by atoms with Crippen LogP contribution in [-0.2, 0) is 6.42 Å². The summed E-state index contributed by atoms with van der Waals surface area (Å²) in [5, 5.41) is 0. The standard InChI is InChI=1S/C7H7N3O2/c11-6-4-2-1-3-8-5(4)9-7(12)10-6/h3H,1-2H2,(H2,9,10,11,12). The predicted octanol–water partition coefficient (Wildman–Crippen LogP) is -0.288. The molecule has 1 aromatic heterocycles. The van der Waals surface area contributed by atoms with Crippen LogP contribution in [0.15, 0.2) is 14.6 Å². The maximum Gasteiger partial charge on any atom is 0.327 e. The van der Waals surface area contributed by atoms with Crippen LogP contribution in [0.5, 0.6) is 0 Å². The number of rotatable bonds is 0. The number of aromatic nitrogens is 2. The van der Waals surface area contributed by atoms with Crippen molar-refractivity contribution in [2.75, 3.05) is 0 Å². The van der Waals surface area contributed by atoms with Gasteiger partial charge in [-0.25, -0.2) is 9.79 Å². The number of nitrogens with zero attached hydrogens (tertiary/aromatic N) is 1. The van der Waals surface area contributed by atoms with Crippen LogP contribution in [0.3, 0.4) is 0 Å². The first kappa shape index (κ1) is 7.02. The van der Waals surface area contributed by atoms with E-state index in [1.54, 1.807) is 6.21 Å². The molecule has 0 amide bonds. The lowest BCUT2D eigenvalue weighted by molar-refractivity contribution is 0.916. The van der Waals surface area contributed by atoms with Crippen LogP contribution in [0.25, 0.3) is 0 Å². The zero-order valence-electron chi connectivity index (χ0n) is 6.26. The average molecular weight is 165 g/mol. The monoisotopic (exact) mass is 165 g/mol. The Bertz CT molecular complexity index is 441. The average Bonchev–Trinajstić information content (AvgIpc) is 2.04. The van der Waals surface area contributed by atoms with Crippen LogP contribution < -0.4 is 11.2 Å². The van der Waals surface area contributed by atoms with Crippen LogP contribution >= 0.6 is 0 Å². The highest BCUT2D eigenvalue weighted by Crippen LogP contribution is 2.14. The van der Waals surface area contributed by atoms with Gasteiger partial charge in [-0.15, -0.1) is 0 Å².